The Balaban J connectivity index is 2.33. The molecule has 0 saturated heterocycles. The van der Waals surface area contributed by atoms with Crippen LogP contribution in [0.5, 0.6) is 0 Å². The number of nitrogens with one attached hydrogen (secondary N) is 1. The van der Waals surface area contributed by atoms with E-state index in [1.54, 1.807) is 42.5 Å². The van der Waals surface area contributed by atoms with Gasteiger partial charge in [-0.05, 0) is 18.4 Å². The molecule has 2 rings (SSSR count). The van der Waals surface area contributed by atoms with Crippen LogP contribution in [0, 0.1) is 11.3 Å². The summed E-state index contributed by atoms with van der Waals surface area (Å²) in [4.78, 5) is 20.5. The van der Waals surface area contributed by atoms with Gasteiger partial charge in [0.2, 0.25) is 0 Å². The van der Waals surface area contributed by atoms with Gasteiger partial charge in [-0.1, -0.05) is 23.9 Å². The molecule has 0 bridgehead atoms. The van der Waals surface area contributed by atoms with Crippen molar-refractivity contribution >= 4 is 27.6 Å². The predicted octanol–water partition coefficient (Wildman–Crippen LogP) is 1.35. The van der Waals surface area contributed by atoms with E-state index < -0.39 is 15.7 Å². The average molecular weight is 380 g/mol. The lowest BCUT2D eigenvalue weighted by Crippen LogP contribution is -2.24. The van der Waals surface area contributed by atoms with Crippen LogP contribution in [0.4, 0.5) is 5.69 Å². The van der Waals surface area contributed by atoms with E-state index >= 15 is 0 Å². The number of aromatic amines is 1. The zero-order valence-electron chi connectivity index (χ0n) is 13.6. The summed E-state index contributed by atoms with van der Waals surface area (Å²) in [6.45, 7) is 0.126. The van der Waals surface area contributed by atoms with E-state index in [0.29, 0.717) is 16.4 Å². The summed E-state index contributed by atoms with van der Waals surface area (Å²) in [5, 5.41) is 9.62. The van der Waals surface area contributed by atoms with Gasteiger partial charge in [0.15, 0.2) is 5.16 Å². The van der Waals surface area contributed by atoms with Crippen molar-refractivity contribution in [1.29, 1.82) is 5.26 Å². The molecule has 132 valence electrons. The minimum absolute atomic E-state index is 0.0646. The van der Waals surface area contributed by atoms with Gasteiger partial charge < -0.3 is 9.88 Å². The summed E-state index contributed by atoms with van der Waals surface area (Å²) in [7, 11) is -2.34. The summed E-state index contributed by atoms with van der Waals surface area (Å²) >= 11 is 1.26. The van der Waals surface area contributed by atoms with Gasteiger partial charge in [-0.15, -0.1) is 0 Å². The summed E-state index contributed by atoms with van der Waals surface area (Å²) < 4.78 is 30.5. The number of H-pyrrole nitrogens is 1. The summed E-state index contributed by atoms with van der Waals surface area (Å²) in [6.07, 6.45) is 1.77. The molecule has 2 aromatic rings. The molecule has 0 aliphatic carbocycles. The molecular formula is C15H16N4O4S2. The Labute approximate surface area is 149 Å². The fourth-order valence-corrected chi connectivity index (χ4v) is 3.00. The third-order valence-corrected chi connectivity index (χ3v) is 4.75. The van der Waals surface area contributed by atoms with E-state index in [0.717, 1.165) is 5.69 Å². The number of hydrogen-bond donors (Lipinski definition) is 2. The maximum Gasteiger partial charge on any atom is 0.270 e. The lowest BCUT2D eigenvalue weighted by atomic mass is 10.1. The molecule has 0 spiro atoms. The standard InChI is InChI=1S/C15H16N4O4S2/c1-19(7-8-25(21,22)23)11-5-3-10(4-6-11)13-12(9-16)14(20)18-15(17-13)24-2/h3-6H,7-8H2,1-2H3,(H,17,18,20)(H,21,22,23). The summed E-state index contributed by atoms with van der Waals surface area (Å²) in [5.74, 6) is -0.378. The maximum absolute atomic E-state index is 12.0. The first kappa shape index (κ1) is 19.0. The van der Waals surface area contributed by atoms with Gasteiger partial charge in [0.05, 0.1) is 11.4 Å². The average Bonchev–Trinajstić information content (AvgIpc) is 2.58. The van der Waals surface area contributed by atoms with Crippen LogP contribution in [0.2, 0.25) is 0 Å². The van der Waals surface area contributed by atoms with E-state index in [4.69, 9.17) is 4.55 Å². The number of benzene rings is 1. The topological polar surface area (TPSA) is 127 Å². The Morgan fingerprint density at radius 3 is 2.52 bits per heavy atom. The minimum Gasteiger partial charge on any atom is -0.373 e. The van der Waals surface area contributed by atoms with Gasteiger partial charge in [-0.3, -0.25) is 9.35 Å². The highest BCUT2D eigenvalue weighted by molar-refractivity contribution is 7.98. The predicted molar refractivity (Wildman–Crippen MR) is 96.5 cm³/mol. The van der Waals surface area contributed by atoms with Gasteiger partial charge >= 0.3 is 0 Å². The zero-order valence-corrected chi connectivity index (χ0v) is 15.2. The van der Waals surface area contributed by atoms with Crippen molar-refractivity contribution in [1.82, 2.24) is 9.97 Å². The second-order valence-corrected chi connectivity index (χ2v) is 7.53. The van der Waals surface area contributed by atoms with Crippen molar-refractivity contribution in [3.8, 4) is 17.3 Å². The molecule has 2 N–H and O–H groups in total. The number of aromatic nitrogens is 2. The second-order valence-electron chi connectivity index (χ2n) is 5.17. The first-order valence-corrected chi connectivity index (χ1v) is 9.93. The highest BCUT2D eigenvalue weighted by Gasteiger charge is 2.14. The lowest BCUT2D eigenvalue weighted by Gasteiger charge is -2.18. The third kappa shape index (κ3) is 4.82. The Bertz CT molecular complexity index is 963. The van der Waals surface area contributed by atoms with Crippen LogP contribution in [-0.4, -0.2) is 48.5 Å². The van der Waals surface area contributed by atoms with E-state index in [2.05, 4.69) is 9.97 Å². The van der Waals surface area contributed by atoms with Crippen molar-refractivity contribution in [3.63, 3.8) is 0 Å². The Morgan fingerprint density at radius 1 is 1.36 bits per heavy atom. The van der Waals surface area contributed by atoms with Gasteiger partial charge in [-0.25, -0.2) is 4.98 Å². The van der Waals surface area contributed by atoms with Crippen molar-refractivity contribution in [2.75, 3.05) is 30.5 Å². The molecule has 0 saturated carbocycles. The molecule has 1 heterocycles. The molecule has 8 nitrogen and oxygen atoms in total. The van der Waals surface area contributed by atoms with Crippen LogP contribution in [-0.2, 0) is 10.1 Å². The quantitative estimate of drug-likeness (QED) is 0.437. The molecule has 0 amide bonds. The fourth-order valence-electron chi connectivity index (χ4n) is 2.12. The zero-order chi connectivity index (χ0) is 18.6. The SMILES string of the molecule is CSc1nc(-c2ccc(N(C)CCS(=O)(=O)O)cc2)c(C#N)c(=O)[nH]1. The van der Waals surface area contributed by atoms with Crippen LogP contribution in [0.15, 0.2) is 34.2 Å². The van der Waals surface area contributed by atoms with Gasteiger partial charge in [0.25, 0.3) is 15.7 Å². The number of thioether (sulfide) groups is 1. The molecule has 0 aliphatic rings. The van der Waals surface area contributed by atoms with E-state index in [-0.39, 0.29) is 17.9 Å². The number of nitriles is 1. The van der Waals surface area contributed by atoms with Gasteiger partial charge in [0, 0.05) is 24.8 Å². The third-order valence-electron chi connectivity index (χ3n) is 3.47. The Morgan fingerprint density at radius 2 is 2.00 bits per heavy atom. The summed E-state index contributed by atoms with van der Waals surface area (Å²) in [5.41, 5.74) is 1.06. The molecule has 0 radical (unpaired) electrons. The molecule has 0 aliphatic heterocycles. The smallest absolute Gasteiger partial charge is 0.270 e. The molecule has 10 heteroatoms. The number of anilines is 1. The van der Waals surface area contributed by atoms with Crippen molar-refractivity contribution < 1.29 is 13.0 Å². The largest absolute Gasteiger partial charge is 0.373 e. The normalized spacial score (nSPS) is 11.1. The Kier molecular flexibility index (Phi) is 5.84. The van der Waals surface area contributed by atoms with Crippen LogP contribution >= 0.6 is 11.8 Å². The Hall–Kier alpha value is -2.35. The van der Waals surface area contributed by atoms with Crippen LogP contribution in [0.25, 0.3) is 11.3 Å². The lowest BCUT2D eigenvalue weighted by molar-refractivity contribution is 0.483. The van der Waals surface area contributed by atoms with Crippen LogP contribution in [0.3, 0.4) is 0 Å². The molecule has 0 unspecified atom stereocenters. The van der Waals surface area contributed by atoms with E-state index in [1.165, 1.54) is 11.8 Å². The number of nitrogens with zero attached hydrogens (tertiary/aromatic N) is 3. The highest BCUT2D eigenvalue weighted by Crippen LogP contribution is 2.24. The van der Waals surface area contributed by atoms with Crippen molar-refractivity contribution in [2.24, 2.45) is 0 Å². The van der Waals surface area contributed by atoms with Crippen LogP contribution < -0.4 is 10.5 Å². The van der Waals surface area contributed by atoms with Crippen molar-refractivity contribution in [2.45, 2.75) is 5.16 Å². The number of rotatable bonds is 6. The van der Waals surface area contributed by atoms with Crippen molar-refractivity contribution in [3.05, 3.63) is 40.2 Å². The second kappa shape index (κ2) is 7.69. The van der Waals surface area contributed by atoms with Crippen LogP contribution in [0.1, 0.15) is 5.56 Å². The first-order valence-electron chi connectivity index (χ1n) is 7.10. The molecule has 0 atom stereocenters. The molecule has 25 heavy (non-hydrogen) atoms. The van der Waals surface area contributed by atoms with E-state index in [1.807, 2.05) is 6.07 Å². The maximum atomic E-state index is 12.0. The molecule has 1 aromatic carbocycles. The monoisotopic (exact) mass is 380 g/mol. The molecular weight excluding hydrogens is 364 g/mol. The minimum atomic E-state index is -4.03. The first-order chi connectivity index (χ1) is 11.7. The highest BCUT2D eigenvalue weighted by atomic mass is 32.2. The fraction of sp³-hybridized carbons (Fsp3) is 0.267. The summed E-state index contributed by atoms with van der Waals surface area (Å²) in [6, 6.07) is 8.72. The number of hydrogen-bond acceptors (Lipinski definition) is 7. The molecule has 1 aromatic heterocycles. The van der Waals surface area contributed by atoms with Gasteiger partial charge in [0.1, 0.15) is 11.6 Å². The van der Waals surface area contributed by atoms with Gasteiger partial charge in [-0.2, -0.15) is 13.7 Å². The van der Waals surface area contributed by atoms with E-state index in [9.17, 15) is 18.5 Å². The molecule has 0 fully saturated rings.